The summed E-state index contributed by atoms with van der Waals surface area (Å²) in [5.41, 5.74) is 1.94. The van der Waals surface area contributed by atoms with Crippen LogP contribution in [0.4, 0.5) is 10.2 Å². The summed E-state index contributed by atoms with van der Waals surface area (Å²) in [5.74, 6) is 1.35. The fraction of sp³-hybridized carbons (Fsp3) is 0.600. The monoisotopic (exact) mass is 525 g/mol. The maximum absolute atomic E-state index is 15.9. The van der Waals surface area contributed by atoms with Crippen molar-refractivity contribution in [2.24, 2.45) is 0 Å². The molecule has 2 aromatic rings. The summed E-state index contributed by atoms with van der Waals surface area (Å²) in [6.45, 7) is 3.89. The van der Waals surface area contributed by atoms with E-state index in [0.717, 1.165) is 61.7 Å². The second-order valence-electron chi connectivity index (χ2n) is 11.0. The Kier molecular flexibility index (Phi) is 8.79. The van der Waals surface area contributed by atoms with Crippen molar-refractivity contribution in [1.82, 2.24) is 9.88 Å². The summed E-state index contributed by atoms with van der Waals surface area (Å²) in [6.07, 6.45) is 6.21. The van der Waals surface area contributed by atoms with Crippen LogP contribution in [-0.2, 0) is 27.1 Å². The number of carbonyl (C=O) groups excluding carboxylic acids is 1. The fourth-order valence-corrected chi connectivity index (χ4v) is 5.84. The van der Waals surface area contributed by atoms with Gasteiger partial charge in [-0.05, 0) is 74.3 Å². The number of esters is 1. The molecule has 0 aliphatic carbocycles. The number of likely N-dealkylation sites (tertiary alicyclic amines) is 1. The van der Waals surface area contributed by atoms with Crippen molar-refractivity contribution in [1.29, 1.82) is 0 Å². The molecule has 206 valence electrons. The van der Waals surface area contributed by atoms with Gasteiger partial charge in [-0.3, -0.25) is 9.69 Å². The van der Waals surface area contributed by atoms with Crippen LogP contribution in [0.15, 0.2) is 36.4 Å². The van der Waals surface area contributed by atoms with Gasteiger partial charge in [0.25, 0.3) is 0 Å². The average Bonchev–Trinajstić information content (AvgIpc) is 3.60. The number of hydrogen-bond acceptors (Lipinski definition) is 7. The molecule has 0 saturated carbocycles. The van der Waals surface area contributed by atoms with Crippen LogP contribution in [-0.4, -0.2) is 74.1 Å². The van der Waals surface area contributed by atoms with E-state index in [1.807, 2.05) is 30.3 Å². The second-order valence-corrected chi connectivity index (χ2v) is 11.0. The molecule has 5 rings (SSSR count). The largest absolute Gasteiger partial charge is 0.491 e. The highest BCUT2D eigenvalue weighted by Crippen LogP contribution is 2.34. The number of carbonyl (C=O) groups is 1. The lowest BCUT2D eigenvalue weighted by molar-refractivity contribution is -0.141. The number of methoxy groups -OCH3 is 1. The zero-order valence-electron chi connectivity index (χ0n) is 22.4. The van der Waals surface area contributed by atoms with Crippen LogP contribution < -0.4 is 10.1 Å². The Morgan fingerprint density at radius 3 is 3.08 bits per heavy atom. The normalized spacial score (nSPS) is 24.0. The lowest BCUT2D eigenvalue weighted by atomic mass is 9.94. The molecule has 2 fully saturated rings. The SMILES string of the molecule is COC(=O)CC(CN1CC[C@@](F)(CCc2ccc3c(n2)NCCC3)C1)c1cccc(OC[C@H]2CCCO2)c1. The maximum atomic E-state index is 15.9. The zero-order valence-corrected chi connectivity index (χ0v) is 22.4. The predicted molar refractivity (Wildman–Crippen MR) is 145 cm³/mol. The average molecular weight is 526 g/mol. The minimum absolute atomic E-state index is 0.107. The number of hydrogen-bond donors (Lipinski definition) is 1. The van der Waals surface area contributed by atoms with E-state index in [9.17, 15) is 4.79 Å². The Balaban J connectivity index is 1.19. The van der Waals surface area contributed by atoms with Crippen LogP contribution in [0.5, 0.6) is 5.75 Å². The number of rotatable bonds is 11. The van der Waals surface area contributed by atoms with Gasteiger partial charge in [-0.25, -0.2) is 9.37 Å². The van der Waals surface area contributed by atoms with Gasteiger partial charge in [0.1, 0.15) is 23.8 Å². The van der Waals surface area contributed by atoms with Crippen LogP contribution in [0.25, 0.3) is 0 Å². The van der Waals surface area contributed by atoms with E-state index in [1.165, 1.54) is 12.7 Å². The second kappa shape index (κ2) is 12.4. The molecule has 38 heavy (non-hydrogen) atoms. The number of halogens is 1. The third kappa shape index (κ3) is 7.03. The topological polar surface area (TPSA) is 72.9 Å². The minimum atomic E-state index is -1.26. The molecule has 7 nitrogen and oxygen atoms in total. The van der Waals surface area contributed by atoms with E-state index < -0.39 is 5.67 Å². The molecule has 3 atom stereocenters. The first-order valence-corrected chi connectivity index (χ1v) is 14.0. The van der Waals surface area contributed by atoms with Gasteiger partial charge in [0, 0.05) is 44.4 Å². The predicted octanol–water partition coefficient (Wildman–Crippen LogP) is 4.69. The molecular formula is C30H40FN3O4. The quantitative estimate of drug-likeness (QED) is 0.427. The minimum Gasteiger partial charge on any atom is -0.491 e. The van der Waals surface area contributed by atoms with Crippen LogP contribution in [0.3, 0.4) is 0 Å². The summed E-state index contributed by atoms with van der Waals surface area (Å²) in [6, 6.07) is 12.1. The number of fused-ring (bicyclic) bond motifs is 1. The van der Waals surface area contributed by atoms with E-state index in [1.54, 1.807) is 0 Å². The number of benzene rings is 1. The smallest absolute Gasteiger partial charge is 0.306 e. The van der Waals surface area contributed by atoms with Crippen molar-refractivity contribution < 1.29 is 23.4 Å². The van der Waals surface area contributed by atoms with Gasteiger partial charge >= 0.3 is 5.97 Å². The van der Waals surface area contributed by atoms with Crippen LogP contribution >= 0.6 is 0 Å². The van der Waals surface area contributed by atoms with Crippen molar-refractivity contribution in [3.8, 4) is 5.75 Å². The van der Waals surface area contributed by atoms with Gasteiger partial charge in [-0.1, -0.05) is 18.2 Å². The number of pyridine rings is 1. The van der Waals surface area contributed by atoms with E-state index >= 15 is 4.39 Å². The number of anilines is 1. The lowest BCUT2D eigenvalue weighted by Crippen LogP contribution is -2.33. The zero-order chi connectivity index (χ0) is 26.4. The van der Waals surface area contributed by atoms with Gasteiger partial charge in [0.2, 0.25) is 0 Å². The standard InChI is InChI=1S/C30H40FN3O4/c1-36-28(35)18-24(23-5-2-7-26(17-23)38-20-27-8-4-16-37-27)19-34-15-13-30(31,21-34)12-11-25-10-9-22-6-3-14-32-29(22)33-25/h2,5,7,9-10,17,24,27H,3-4,6,8,11-16,18-21H2,1H3,(H,32,33)/t24?,27-,30+/m1/s1. The molecule has 3 aliphatic rings. The van der Waals surface area contributed by atoms with Gasteiger partial charge < -0.3 is 19.5 Å². The summed E-state index contributed by atoms with van der Waals surface area (Å²) in [5, 5.41) is 3.36. The van der Waals surface area contributed by atoms with Crippen molar-refractivity contribution in [3.05, 3.63) is 53.2 Å². The van der Waals surface area contributed by atoms with Crippen molar-refractivity contribution in [3.63, 3.8) is 0 Å². The molecule has 0 radical (unpaired) electrons. The summed E-state index contributed by atoms with van der Waals surface area (Å²) >= 11 is 0. The van der Waals surface area contributed by atoms with Gasteiger partial charge in [0.05, 0.1) is 19.6 Å². The molecule has 3 aliphatic heterocycles. The molecule has 0 spiro atoms. The first-order chi connectivity index (χ1) is 18.5. The first-order valence-electron chi connectivity index (χ1n) is 14.0. The van der Waals surface area contributed by atoms with E-state index in [-0.39, 0.29) is 24.4 Å². The molecule has 4 heterocycles. The van der Waals surface area contributed by atoms with E-state index in [4.69, 9.17) is 19.2 Å². The Bertz CT molecular complexity index is 1090. The number of ether oxygens (including phenoxy) is 3. The Morgan fingerprint density at radius 2 is 2.24 bits per heavy atom. The maximum Gasteiger partial charge on any atom is 0.306 e. The Morgan fingerprint density at radius 1 is 1.32 bits per heavy atom. The highest BCUT2D eigenvalue weighted by Gasteiger charge is 2.39. The molecular weight excluding hydrogens is 485 g/mol. The number of alkyl halides is 1. The Hall–Kier alpha value is -2.71. The molecule has 1 unspecified atom stereocenters. The third-order valence-electron chi connectivity index (χ3n) is 8.07. The van der Waals surface area contributed by atoms with Gasteiger partial charge in [0.15, 0.2) is 0 Å². The highest BCUT2D eigenvalue weighted by molar-refractivity contribution is 5.70. The lowest BCUT2D eigenvalue weighted by Gasteiger charge is -2.25. The molecule has 1 aromatic heterocycles. The number of nitrogens with one attached hydrogen (secondary N) is 1. The first kappa shape index (κ1) is 26.9. The van der Waals surface area contributed by atoms with Crippen molar-refractivity contribution in [2.45, 2.75) is 69.1 Å². The van der Waals surface area contributed by atoms with Crippen molar-refractivity contribution >= 4 is 11.8 Å². The molecule has 0 bridgehead atoms. The van der Waals surface area contributed by atoms with Gasteiger partial charge in [-0.15, -0.1) is 0 Å². The van der Waals surface area contributed by atoms with Crippen LogP contribution in [0.2, 0.25) is 0 Å². The third-order valence-corrected chi connectivity index (χ3v) is 8.07. The summed E-state index contributed by atoms with van der Waals surface area (Å²) in [7, 11) is 1.41. The fourth-order valence-electron chi connectivity index (χ4n) is 5.84. The van der Waals surface area contributed by atoms with Gasteiger partial charge in [-0.2, -0.15) is 0 Å². The highest BCUT2D eigenvalue weighted by atomic mass is 19.1. The van der Waals surface area contributed by atoms with E-state index in [2.05, 4.69) is 16.3 Å². The molecule has 1 N–H and O–H groups in total. The summed E-state index contributed by atoms with van der Waals surface area (Å²) < 4.78 is 32.5. The summed E-state index contributed by atoms with van der Waals surface area (Å²) in [4.78, 5) is 19.2. The number of nitrogens with zero attached hydrogens (tertiary/aromatic N) is 2. The number of aryl methyl sites for hydroxylation is 2. The number of aromatic nitrogens is 1. The van der Waals surface area contributed by atoms with E-state index in [0.29, 0.717) is 45.5 Å². The molecule has 0 amide bonds. The molecule has 1 aromatic carbocycles. The molecule has 2 saturated heterocycles. The van der Waals surface area contributed by atoms with Crippen LogP contribution in [0.1, 0.15) is 61.3 Å². The molecule has 8 heteroatoms. The Labute approximate surface area is 225 Å². The van der Waals surface area contributed by atoms with Crippen molar-refractivity contribution in [2.75, 3.05) is 51.8 Å². The van der Waals surface area contributed by atoms with Crippen LogP contribution in [0, 0.1) is 0 Å².